The van der Waals surface area contributed by atoms with Crippen LogP contribution in [0.4, 0.5) is 0 Å². The van der Waals surface area contributed by atoms with Gasteiger partial charge in [-0.15, -0.1) is 0 Å². The molecule has 0 aliphatic rings. The fourth-order valence-electron chi connectivity index (χ4n) is 1.02. The van der Waals surface area contributed by atoms with Crippen LogP contribution in [0, 0.1) is 0 Å². The molecule has 0 aliphatic carbocycles. The van der Waals surface area contributed by atoms with Crippen molar-refractivity contribution in [2.45, 2.75) is 31.3 Å². The standard InChI is InChI=1S/C12H18O3S/c1-12(2,3)15-14-9-10-16(13)11-7-5-4-6-8-11/h4-8H,9-10H2,1-3H3/t16-/m1/s1. The molecule has 1 aromatic carbocycles. The molecule has 0 radical (unpaired) electrons. The summed E-state index contributed by atoms with van der Waals surface area (Å²) in [5.74, 6) is 0.445. The van der Waals surface area contributed by atoms with E-state index < -0.39 is 10.8 Å². The monoisotopic (exact) mass is 242 g/mol. The van der Waals surface area contributed by atoms with Crippen LogP contribution in [0.1, 0.15) is 20.8 Å². The van der Waals surface area contributed by atoms with Crippen LogP contribution in [0.15, 0.2) is 35.2 Å². The van der Waals surface area contributed by atoms with E-state index in [-0.39, 0.29) is 5.60 Å². The molecule has 16 heavy (non-hydrogen) atoms. The Morgan fingerprint density at radius 2 is 1.81 bits per heavy atom. The first-order valence-corrected chi connectivity index (χ1v) is 6.55. The molecule has 0 heterocycles. The molecule has 3 nitrogen and oxygen atoms in total. The Kier molecular flexibility index (Phi) is 5.12. The van der Waals surface area contributed by atoms with Gasteiger partial charge in [0.1, 0.15) is 0 Å². The van der Waals surface area contributed by atoms with Gasteiger partial charge in [0.15, 0.2) is 0 Å². The highest BCUT2D eigenvalue weighted by Gasteiger charge is 2.11. The van der Waals surface area contributed by atoms with Crippen LogP contribution >= 0.6 is 0 Å². The highest BCUT2D eigenvalue weighted by atomic mass is 32.2. The molecule has 1 aromatic rings. The van der Waals surface area contributed by atoms with Crippen molar-refractivity contribution in [1.82, 2.24) is 0 Å². The third-order valence-electron chi connectivity index (χ3n) is 1.67. The summed E-state index contributed by atoms with van der Waals surface area (Å²) in [4.78, 5) is 10.9. The van der Waals surface area contributed by atoms with E-state index in [1.165, 1.54) is 0 Å². The Bertz CT molecular complexity index is 330. The van der Waals surface area contributed by atoms with Gasteiger partial charge < -0.3 is 0 Å². The van der Waals surface area contributed by atoms with Crippen molar-refractivity contribution in [3.63, 3.8) is 0 Å². The molecule has 0 N–H and O–H groups in total. The molecule has 0 bridgehead atoms. The maximum atomic E-state index is 11.7. The summed E-state index contributed by atoms with van der Waals surface area (Å²) in [6.07, 6.45) is 0. The first-order chi connectivity index (χ1) is 7.49. The predicted octanol–water partition coefficient (Wildman–Crippen LogP) is 2.54. The second-order valence-corrected chi connectivity index (χ2v) is 5.95. The third-order valence-corrected chi connectivity index (χ3v) is 3.00. The van der Waals surface area contributed by atoms with Gasteiger partial charge in [0.25, 0.3) is 0 Å². The van der Waals surface area contributed by atoms with Crippen molar-refractivity contribution in [2.24, 2.45) is 0 Å². The summed E-state index contributed by atoms with van der Waals surface area (Å²) in [6.45, 7) is 6.04. The largest absolute Gasteiger partial charge is 0.254 e. The van der Waals surface area contributed by atoms with Gasteiger partial charge in [-0.05, 0) is 32.9 Å². The van der Waals surface area contributed by atoms with Crippen molar-refractivity contribution >= 4 is 10.8 Å². The summed E-state index contributed by atoms with van der Waals surface area (Å²) in [5, 5.41) is 0. The van der Waals surface area contributed by atoms with Crippen LogP contribution in [-0.2, 0) is 20.6 Å². The summed E-state index contributed by atoms with van der Waals surface area (Å²) in [7, 11) is -1.02. The van der Waals surface area contributed by atoms with Gasteiger partial charge in [0.2, 0.25) is 0 Å². The number of hydrogen-bond acceptors (Lipinski definition) is 3. The SMILES string of the molecule is CC(C)(C)OOCC[S@@](=O)c1ccccc1. The average Bonchev–Trinajstić information content (AvgIpc) is 2.24. The lowest BCUT2D eigenvalue weighted by Crippen LogP contribution is -2.21. The number of rotatable bonds is 5. The number of hydrogen-bond donors (Lipinski definition) is 0. The fourth-order valence-corrected chi connectivity index (χ4v) is 1.93. The molecule has 0 saturated heterocycles. The lowest BCUT2D eigenvalue weighted by Gasteiger charge is -2.17. The molecule has 0 spiro atoms. The normalized spacial score (nSPS) is 13.7. The lowest BCUT2D eigenvalue weighted by molar-refractivity contribution is -0.345. The summed E-state index contributed by atoms with van der Waals surface area (Å²) in [5.41, 5.74) is -0.325. The smallest absolute Gasteiger partial charge is 0.0952 e. The van der Waals surface area contributed by atoms with Crippen LogP contribution in [0.25, 0.3) is 0 Å². The Morgan fingerprint density at radius 3 is 2.38 bits per heavy atom. The van der Waals surface area contributed by atoms with E-state index >= 15 is 0 Å². The van der Waals surface area contributed by atoms with Gasteiger partial charge in [-0.1, -0.05) is 18.2 Å². The molecule has 0 amide bonds. The zero-order valence-corrected chi connectivity index (χ0v) is 10.8. The molecule has 0 aliphatic heterocycles. The Morgan fingerprint density at radius 1 is 1.19 bits per heavy atom. The first kappa shape index (κ1) is 13.4. The molecule has 4 heteroatoms. The van der Waals surface area contributed by atoms with E-state index in [1.54, 1.807) is 0 Å². The van der Waals surface area contributed by atoms with Gasteiger partial charge in [-0.25, -0.2) is 9.78 Å². The maximum absolute atomic E-state index is 11.7. The highest BCUT2D eigenvalue weighted by Crippen LogP contribution is 2.08. The van der Waals surface area contributed by atoms with Crippen molar-refractivity contribution in [2.75, 3.05) is 12.4 Å². The fraction of sp³-hybridized carbons (Fsp3) is 0.500. The minimum absolute atomic E-state index is 0.325. The molecular weight excluding hydrogens is 224 g/mol. The first-order valence-electron chi connectivity index (χ1n) is 5.23. The maximum Gasteiger partial charge on any atom is 0.0952 e. The molecule has 0 fully saturated rings. The topological polar surface area (TPSA) is 35.5 Å². The number of benzene rings is 1. The van der Waals surface area contributed by atoms with E-state index in [9.17, 15) is 4.21 Å². The van der Waals surface area contributed by atoms with Crippen LogP contribution in [0.3, 0.4) is 0 Å². The van der Waals surface area contributed by atoms with Crippen LogP contribution in [0.2, 0.25) is 0 Å². The van der Waals surface area contributed by atoms with E-state index in [0.29, 0.717) is 12.4 Å². The van der Waals surface area contributed by atoms with E-state index in [4.69, 9.17) is 9.78 Å². The third kappa shape index (κ3) is 5.39. The molecule has 90 valence electrons. The van der Waals surface area contributed by atoms with Gasteiger partial charge in [0.05, 0.1) is 28.8 Å². The predicted molar refractivity (Wildman–Crippen MR) is 64.5 cm³/mol. The van der Waals surface area contributed by atoms with Gasteiger partial charge in [0, 0.05) is 4.90 Å². The quantitative estimate of drug-likeness (QED) is 0.452. The van der Waals surface area contributed by atoms with Crippen LogP contribution in [0.5, 0.6) is 0 Å². The lowest BCUT2D eigenvalue weighted by atomic mass is 10.2. The van der Waals surface area contributed by atoms with Crippen molar-refractivity contribution in [3.05, 3.63) is 30.3 Å². The Labute approximate surface area is 99.2 Å². The molecule has 0 unspecified atom stereocenters. The second-order valence-electron chi connectivity index (χ2n) is 4.38. The minimum atomic E-state index is -1.02. The van der Waals surface area contributed by atoms with E-state index in [0.717, 1.165) is 4.90 Å². The van der Waals surface area contributed by atoms with Crippen molar-refractivity contribution in [1.29, 1.82) is 0 Å². The molecule has 0 aromatic heterocycles. The molecule has 1 rings (SSSR count). The molecule has 1 atom stereocenters. The van der Waals surface area contributed by atoms with Gasteiger partial charge in [-0.3, -0.25) is 4.21 Å². The molecular formula is C12H18O3S. The van der Waals surface area contributed by atoms with Crippen LogP contribution < -0.4 is 0 Å². The minimum Gasteiger partial charge on any atom is -0.254 e. The summed E-state index contributed by atoms with van der Waals surface area (Å²) in [6, 6.07) is 9.35. The van der Waals surface area contributed by atoms with Gasteiger partial charge >= 0.3 is 0 Å². The Hall–Kier alpha value is -0.710. The zero-order chi connectivity index (χ0) is 12.0. The highest BCUT2D eigenvalue weighted by molar-refractivity contribution is 7.85. The zero-order valence-electron chi connectivity index (χ0n) is 9.93. The van der Waals surface area contributed by atoms with Gasteiger partial charge in [-0.2, -0.15) is 0 Å². The van der Waals surface area contributed by atoms with E-state index in [1.807, 2.05) is 51.1 Å². The second kappa shape index (κ2) is 6.13. The van der Waals surface area contributed by atoms with Crippen molar-refractivity contribution in [3.8, 4) is 0 Å². The molecule has 0 saturated carbocycles. The van der Waals surface area contributed by atoms with Crippen LogP contribution in [-0.4, -0.2) is 22.2 Å². The summed E-state index contributed by atoms with van der Waals surface area (Å²) < 4.78 is 11.7. The van der Waals surface area contributed by atoms with Crippen molar-refractivity contribution < 1.29 is 14.0 Å². The average molecular weight is 242 g/mol. The summed E-state index contributed by atoms with van der Waals surface area (Å²) >= 11 is 0. The van der Waals surface area contributed by atoms with E-state index in [2.05, 4.69) is 0 Å². The Balaban J connectivity index is 2.27.